The smallest absolute Gasteiger partial charge is 0.315 e. The minimum atomic E-state index is -0.891. The molecule has 7 nitrogen and oxygen atoms in total. The fourth-order valence-electron chi connectivity index (χ4n) is 3.90. The first-order chi connectivity index (χ1) is 14.4. The van der Waals surface area contributed by atoms with Gasteiger partial charge in [0.15, 0.2) is 6.17 Å². The van der Waals surface area contributed by atoms with Crippen LogP contribution in [0.3, 0.4) is 0 Å². The largest absolute Gasteiger partial charge is 0.347 e. The number of nitrogens with one attached hydrogen (secondary N) is 1. The number of para-hydroxylation sites is 2. The third kappa shape index (κ3) is 4.26. The van der Waals surface area contributed by atoms with Crippen molar-refractivity contribution in [3.63, 3.8) is 0 Å². The minimum Gasteiger partial charge on any atom is -0.315 e. The van der Waals surface area contributed by atoms with Gasteiger partial charge >= 0.3 is 12.1 Å². The highest BCUT2D eigenvalue weighted by molar-refractivity contribution is 5.98. The number of anilines is 2. The molecule has 1 unspecified atom stereocenters. The van der Waals surface area contributed by atoms with Crippen LogP contribution in [0.2, 0.25) is 0 Å². The zero-order chi connectivity index (χ0) is 21.7. The molecule has 2 aromatic rings. The number of rotatable bonds is 7. The number of hydroxylamine groups is 2. The molecular formula is C23H30N4O3. The standard InChI is InChI=1S/C23H30N4O3/c1-4-5-12-17-25-22(29)26(19-15-10-7-11-16-19)20(23(25,2)3)27(30)21(28)24-18-13-8-6-9-14-18/h6-11,13-16,20,30H,4-5,12,17H2,1-3H3,(H,24,28). The van der Waals surface area contributed by atoms with Crippen molar-refractivity contribution < 1.29 is 14.8 Å². The molecular weight excluding hydrogens is 380 g/mol. The van der Waals surface area contributed by atoms with Crippen LogP contribution in [0.25, 0.3) is 0 Å². The van der Waals surface area contributed by atoms with Crippen LogP contribution >= 0.6 is 0 Å². The van der Waals surface area contributed by atoms with Crippen molar-refractivity contribution in [2.24, 2.45) is 0 Å². The second-order valence-corrected chi connectivity index (χ2v) is 8.01. The average molecular weight is 411 g/mol. The van der Waals surface area contributed by atoms with Crippen LogP contribution < -0.4 is 10.2 Å². The number of unbranched alkanes of at least 4 members (excludes halogenated alkanes) is 2. The first-order valence-corrected chi connectivity index (χ1v) is 10.4. The Balaban J connectivity index is 1.92. The maximum Gasteiger partial charge on any atom is 0.347 e. The van der Waals surface area contributed by atoms with Crippen molar-refractivity contribution in [2.45, 2.75) is 51.7 Å². The van der Waals surface area contributed by atoms with E-state index in [9.17, 15) is 14.8 Å². The molecule has 0 spiro atoms. The lowest BCUT2D eigenvalue weighted by molar-refractivity contribution is -0.0949. The Morgan fingerprint density at radius 3 is 2.27 bits per heavy atom. The van der Waals surface area contributed by atoms with E-state index in [-0.39, 0.29) is 6.03 Å². The van der Waals surface area contributed by atoms with E-state index >= 15 is 0 Å². The number of hydrogen-bond donors (Lipinski definition) is 2. The molecule has 0 saturated carbocycles. The van der Waals surface area contributed by atoms with Crippen molar-refractivity contribution >= 4 is 23.4 Å². The lowest BCUT2D eigenvalue weighted by atomic mass is 9.99. The highest BCUT2D eigenvalue weighted by Crippen LogP contribution is 2.38. The van der Waals surface area contributed by atoms with E-state index in [2.05, 4.69) is 12.2 Å². The van der Waals surface area contributed by atoms with E-state index in [4.69, 9.17) is 0 Å². The zero-order valence-electron chi connectivity index (χ0n) is 17.8. The molecule has 2 aromatic carbocycles. The Bertz CT molecular complexity index is 857. The second-order valence-electron chi connectivity index (χ2n) is 8.01. The van der Waals surface area contributed by atoms with E-state index < -0.39 is 17.7 Å². The van der Waals surface area contributed by atoms with Gasteiger partial charge in [-0.2, -0.15) is 5.06 Å². The van der Waals surface area contributed by atoms with Crippen LogP contribution in [-0.4, -0.2) is 45.5 Å². The van der Waals surface area contributed by atoms with Crippen LogP contribution in [0.15, 0.2) is 60.7 Å². The Morgan fingerprint density at radius 1 is 1.07 bits per heavy atom. The van der Waals surface area contributed by atoms with Crippen LogP contribution in [0, 0.1) is 0 Å². The summed E-state index contributed by atoms with van der Waals surface area (Å²) in [4.78, 5) is 29.5. The van der Waals surface area contributed by atoms with Crippen molar-refractivity contribution in [3.8, 4) is 0 Å². The molecule has 0 radical (unpaired) electrons. The van der Waals surface area contributed by atoms with Gasteiger partial charge in [0.25, 0.3) is 0 Å². The van der Waals surface area contributed by atoms with E-state index in [1.807, 2.05) is 38.1 Å². The normalized spacial score (nSPS) is 17.9. The molecule has 2 N–H and O–H groups in total. The van der Waals surface area contributed by atoms with Crippen LogP contribution in [-0.2, 0) is 0 Å². The average Bonchev–Trinajstić information content (AvgIpc) is 2.94. The lowest BCUT2D eigenvalue weighted by Gasteiger charge is -2.38. The molecule has 1 fully saturated rings. The van der Waals surface area contributed by atoms with Gasteiger partial charge in [0.2, 0.25) is 0 Å². The van der Waals surface area contributed by atoms with Gasteiger partial charge in [-0.05, 0) is 44.5 Å². The van der Waals surface area contributed by atoms with E-state index in [1.165, 1.54) is 4.90 Å². The second kappa shape index (κ2) is 9.17. The van der Waals surface area contributed by atoms with Crippen LogP contribution in [0.1, 0.15) is 40.0 Å². The summed E-state index contributed by atoms with van der Waals surface area (Å²) in [6, 6.07) is 17.1. The molecule has 4 amide bonds. The van der Waals surface area contributed by atoms with Gasteiger partial charge in [-0.1, -0.05) is 56.2 Å². The SMILES string of the molecule is CCCCCN1C(=O)N(c2ccccc2)C(N(O)C(=O)Nc2ccccc2)C1(C)C. The number of benzene rings is 2. The molecule has 0 bridgehead atoms. The van der Waals surface area contributed by atoms with Gasteiger partial charge < -0.3 is 10.2 Å². The summed E-state index contributed by atoms with van der Waals surface area (Å²) in [5.41, 5.74) is 0.392. The molecule has 1 saturated heterocycles. The fraction of sp³-hybridized carbons (Fsp3) is 0.391. The molecule has 1 aliphatic heterocycles. The third-order valence-electron chi connectivity index (χ3n) is 5.49. The summed E-state index contributed by atoms with van der Waals surface area (Å²) in [5, 5.41) is 14.3. The zero-order valence-corrected chi connectivity index (χ0v) is 17.8. The molecule has 30 heavy (non-hydrogen) atoms. The number of urea groups is 2. The summed E-state index contributed by atoms with van der Waals surface area (Å²) in [6.07, 6.45) is 2.02. The number of carbonyl (C=O) groups is 2. The highest BCUT2D eigenvalue weighted by atomic mass is 16.5. The van der Waals surface area contributed by atoms with Gasteiger partial charge in [0.1, 0.15) is 0 Å². The molecule has 1 atom stereocenters. The topological polar surface area (TPSA) is 76.1 Å². The van der Waals surface area contributed by atoms with Gasteiger partial charge in [-0.3, -0.25) is 10.1 Å². The van der Waals surface area contributed by atoms with Crippen molar-refractivity contribution in [3.05, 3.63) is 60.7 Å². The Morgan fingerprint density at radius 2 is 1.67 bits per heavy atom. The predicted octanol–water partition coefficient (Wildman–Crippen LogP) is 5.15. The highest BCUT2D eigenvalue weighted by Gasteiger charge is 2.55. The minimum absolute atomic E-state index is 0.223. The maximum atomic E-state index is 13.4. The van der Waals surface area contributed by atoms with Gasteiger partial charge in [-0.15, -0.1) is 0 Å². The first-order valence-electron chi connectivity index (χ1n) is 10.4. The number of carbonyl (C=O) groups excluding carboxylic acids is 2. The summed E-state index contributed by atoms with van der Waals surface area (Å²) < 4.78 is 0. The van der Waals surface area contributed by atoms with Crippen molar-refractivity contribution in [1.29, 1.82) is 0 Å². The van der Waals surface area contributed by atoms with Gasteiger partial charge in [0.05, 0.1) is 5.54 Å². The molecule has 7 heteroatoms. The molecule has 1 aliphatic rings. The fourth-order valence-corrected chi connectivity index (χ4v) is 3.90. The number of nitrogens with zero attached hydrogens (tertiary/aromatic N) is 3. The van der Waals surface area contributed by atoms with Gasteiger partial charge in [-0.25, -0.2) is 9.59 Å². The molecule has 0 aliphatic carbocycles. The van der Waals surface area contributed by atoms with Gasteiger partial charge in [0, 0.05) is 17.9 Å². The van der Waals surface area contributed by atoms with Crippen LogP contribution in [0.5, 0.6) is 0 Å². The maximum absolute atomic E-state index is 13.4. The molecule has 0 aromatic heterocycles. The molecule has 1 heterocycles. The summed E-state index contributed by atoms with van der Waals surface area (Å²) in [5.74, 6) is 0. The quantitative estimate of drug-likeness (QED) is 0.377. The number of amides is 4. The monoisotopic (exact) mass is 410 g/mol. The molecule has 160 valence electrons. The lowest BCUT2D eigenvalue weighted by Crippen LogP contribution is -2.58. The summed E-state index contributed by atoms with van der Waals surface area (Å²) >= 11 is 0. The van der Waals surface area contributed by atoms with E-state index in [0.717, 1.165) is 19.3 Å². The predicted molar refractivity (Wildman–Crippen MR) is 118 cm³/mol. The summed E-state index contributed by atoms with van der Waals surface area (Å²) in [7, 11) is 0. The molecule has 3 rings (SSSR count). The van der Waals surface area contributed by atoms with Crippen molar-refractivity contribution in [1.82, 2.24) is 9.96 Å². The van der Waals surface area contributed by atoms with Crippen LogP contribution in [0.4, 0.5) is 21.0 Å². The van der Waals surface area contributed by atoms with E-state index in [1.54, 1.807) is 41.3 Å². The Hall–Kier alpha value is -3.06. The van der Waals surface area contributed by atoms with Crippen molar-refractivity contribution in [2.75, 3.05) is 16.8 Å². The van der Waals surface area contributed by atoms with E-state index in [0.29, 0.717) is 23.0 Å². The first kappa shape index (κ1) is 21.6. The summed E-state index contributed by atoms with van der Waals surface area (Å²) in [6.45, 7) is 6.43. The Labute approximate surface area is 177 Å². The Kier molecular flexibility index (Phi) is 6.62. The third-order valence-corrected chi connectivity index (χ3v) is 5.49. The number of hydrogen-bond acceptors (Lipinski definition) is 3.